The lowest BCUT2D eigenvalue weighted by molar-refractivity contribution is 0.0600. The number of ether oxygens (including phenoxy) is 1. The maximum atomic E-state index is 12.9. The Balaban J connectivity index is 1.60. The topological polar surface area (TPSA) is 80.3 Å². The fourth-order valence-corrected chi connectivity index (χ4v) is 2.70. The Labute approximate surface area is 167 Å². The number of aromatic nitrogens is 1. The molecule has 2 N–H and O–H groups in total. The van der Waals surface area contributed by atoms with Crippen LogP contribution in [0.5, 0.6) is 0 Å². The van der Waals surface area contributed by atoms with Gasteiger partial charge in [0, 0.05) is 24.0 Å². The Morgan fingerprint density at radius 1 is 1.03 bits per heavy atom. The van der Waals surface area contributed by atoms with Gasteiger partial charge in [-0.3, -0.25) is 4.79 Å². The first-order valence-electron chi connectivity index (χ1n) is 8.99. The molecule has 29 heavy (non-hydrogen) atoms. The standard InChI is InChI=1S/C22H20FN3O3/c1-29-22(28)17-3-2-4-19(13-17)26-21(27)16-10-12-25-20(14-16)24-11-9-15-5-7-18(23)8-6-15/h2-8,10,12-14H,9,11H2,1H3,(H,24,25)(H,26,27). The average Bonchev–Trinajstić information content (AvgIpc) is 2.75. The third kappa shape index (κ3) is 5.62. The molecule has 1 aromatic heterocycles. The second-order valence-electron chi connectivity index (χ2n) is 6.26. The summed E-state index contributed by atoms with van der Waals surface area (Å²) in [6.07, 6.45) is 2.23. The highest BCUT2D eigenvalue weighted by molar-refractivity contribution is 6.05. The van der Waals surface area contributed by atoms with E-state index >= 15 is 0 Å². The summed E-state index contributed by atoms with van der Waals surface area (Å²) < 4.78 is 17.6. The third-order valence-corrected chi connectivity index (χ3v) is 4.20. The van der Waals surface area contributed by atoms with Crippen molar-refractivity contribution in [2.24, 2.45) is 0 Å². The molecule has 0 aliphatic rings. The van der Waals surface area contributed by atoms with Crippen molar-refractivity contribution in [1.82, 2.24) is 4.98 Å². The van der Waals surface area contributed by atoms with Gasteiger partial charge < -0.3 is 15.4 Å². The number of nitrogens with zero attached hydrogens (tertiary/aromatic N) is 1. The molecular formula is C22H20FN3O3. The summed E-state index contributed by atoms with van der Waals surface area (Å²) in [5.41, 5.74) is 2.26. The van der Waals surface area contributed by atoms with E-state index < -0.39 is 5.97 Å². The molecule has 1 heterocycles. The normalized spacial score (nSPS) is 10.3. The lowest BCUT2D eigenvalue weighted by atomic mass is 10.1. The zero-order valence-electron chi connectivity index (χ0n) is 15.8. The van der Waals surface area contributed by atoms with Crippen LogP contribution in [0.2, 0.25) is 0 Å². The number of benzene rings is 2. The molecular weight excluding hydrogens is 373 g/mol. The quantitative estimate of drug-likeness (QED) is 0.595. The molecule has 0 bridgehead atoms. The zero-order chi connectivity index (χ0) is 20.6. The van der Waals surface area contributed by atoms with E-state index in [0.717, 1.165) is 5.56 Å². The largest absolute Gasteiger partial charge is 0.465 e. The number of carbonyl (C=O) groups excluding carboxylic acids is 2. The number of methoxy groups -OCH3 is 1. The number of carbonyl (C=O) groups is 2. The fraction of sp³-hybridized carbons (Fsp3) is 0.136. The van der Waals surface area contributed by atoms with Gasteiger partial charge in [0.05, 0.1) is 12.7 Å². The van der Waals surface area contributed by atoms with Crippen LogP contribution in [0.25, 0.3) is 0 Å². The van der Waals surface area contributed by atoms with Crippen molar-refractivity contribution < 1.29 is 18.7 Å². The lowest BCUT2D eigenvalue weighted by Crippen LogP contribution is -2.14. The van der Waals surface area contributed by atoms with Gasteiger partial charge in [0.25, 0.3) is 5.91 Å². The Morgan fingerprint density at radius 2 is 1.83 bits per heavy atom. The monoisotopic (exact) mass is 393 g/mol. The summed E-state index contributed by atoms with van der Waals surface area (Å²) in [4.78, 5) is 28.4. The predicted molar refractivity (Wildman–Crippen MR) is 109 cm³/mol. The number of hydrogen-bond acceptors (Lipinski definition) is 5. The highest BCUT2D eigenvalue weighted by Gasteiger charge is 2.10. The first-order chi connectivity index (χ1) is 14.0. The molecule has 0 atom stereocenters. The molecule has 6 nitrogen and oxygen atoms in total. The van der Waals surface area contributed by atoms with E-state index in [2.05, 4.69) is 20.4 Å². The Hall–Kier alpha value is -3.74. The summed E-state index contributed by atoms with van der Waals surface area (Å²) in [5, 5.41) is 5.91. The number of anilines is 2. The first-order valence-corrected chi connectivity index (χ1v) is 8.99. The van der Waals surface area contributed by atoms with Gasteiger partial charge in [-0.1, -0.05) is 18.2 Å². The number of halogens is 1. The highest BCUT2D eigenvalue weighted by Crippen LogP contribution is 2.14. The molecule has 0 saturated carbocycles. The first kappa shape index (κ1) is 20.0. The number of esters is 1. The van der Waals surface area contributed by atoms with E-state index in [-0.39, 0.29) is 11.7 Å². The number of rotatable bonds is 7. The Kier molecular flexibility index (Phi) is 6.52. The minimum atomic E-state index is -0.474. The van der Waals surface area contributed by atoms with Crippen LogP contribution in [0.4, 0.5) is 15.9 Å². The van der Waals surface area contributed by atoms with Crippen LogP contribution >= 0.6 is 0 Å². The van der Waals surface area contributed by atoms with Gasteiger partial charge in [-0.2, -0.15) is 0 Å². The fourth-order valence-electron chi connectivity index (χ4n) is 2.70. The van der Waals surface area contributed by atoms with Crippen LogP contribution in [0.1, 0.15) is 26.3 Å². The molecule has 3 rings (SSSR count). The minimum Gasteiger partial charge on any atom is -0.465 e. The molecule has 7 heteroatoms. The van der Waals surface area contributed by atoms with Crippen molar-refractivity contribution in [3.63, 3.8) is 0 Å². The highest BCUT2D eigenvalue weighted by atomic mass is 19.1. The molecule has 1 amide bonds. The van der Waals surface area contributed by atoms with Crippen molar-refractivity contribution in [3.8, 4) is 0 Å². The van der Waals surface area contributed by atoms with Gasteiger partial charge >= 0.3 is 5.97 Å². The molecule has 3 aromatic rings. The van der Waals surface area contributed by atoms with Crippen molar-refractivity contribution in [1.29, 1.82) is 0 Å². The van der Waals surface area contributed by atoms with E-state index in [0.29, 0.717) is 35.6 Å². The van der Waals surface area contributed by atoms with E-state index in [1.54, 1.807) is 54.7 Å². The van der Waals surface area contributed by atoms with Crippen LogP contribution in [-0.4, -0.2) is 30.5 Å². The lowest BCUT2D eigenvalue weighted by Gasteiger charge is -2.09. The number of amides is 1. The second kappa shape index (κ2) is 9.45. The summed E-state index contributed by atoms with van der Waals surface area (Å²) in [7, 11) is 1.30. The summed E-state index contributed by atoms with van der Waals surface area (Å²) in [5.74, 6) is -0.504. The van der Waals surface area contributed by atoms with Crippen LogP contribution in [0.3, 0.4) is 0 Å². The smallest absolute Gasteiger partial charge is 0.337 e. The molecule has 0 radical (unpaired) electrons. The van der Waals surface area contributed by atoms with Gasteiger partial charge in [-0.15, -0.1) is 0 Å². The zero-order valence-corrected chi connectivity index (χ0v) is 15.8. The average molecular weight is 393 g/mol. The van der Waals surface area contributed by atoms with E-state index in [4.69, 9.17) is 0 Å². The Bertz CT molecular complexity index is 1010. The van der Waals surface area contributed by atoms with Crippen LogP contribution in [-0.2, 0) is 11.2 Å². The molecule has 0 aliphatic heterocycles. The van der Waals surface area contributed by atoms with Gasteiger partial charge in [0.1, 0.15) is 11.6 Å². The molecule has 0 saturated heterocycles. The molecule has 0 unspecified atom stereocenters. The molecule has 0 spiro atoms. The van der Waals surface area contributed by atoms with Crippen LogP contribution in [0, 0.1) is 5.82 Å². The van der Waals surface area contributed by atoms with Gasteiger partial charge in [-0.25, -0.2) is 14.2 Å². The summed E-state index contributed by atoms with van der Waals surface area (Å²) in [6, 6.07) is 16.1. The number of pyridine rings is 1. The van der Waals surface area contributed by atoms with E-state index in [1.165, 1.54) is 19.2 Å². The predicted octanol–water partition coefficient (Wildman–Crippen LogP) is 3.91. The SMILES string of the molecule is COC(=O)c1cccc(NC(=O)c2ccnc(NCCc3ccc(F)cc3)c2)c1. The molecule has 148 valence electrons. The molecule has 0 aliphatic carbocycles. The van der Waals surface area contributed by atoms with Crippen molar-refractivity contribution >= 4 is 23.4 Å². The summed E-state index contributed by atoms with van der Waals surface area (Å²) >= 11 is 0. The van der Waals surface area contributed by atoms with Crippen molar-refractivity contribution in [2.75, 3.05) is 24.3 Å². The third-order valence-electron chi connectivity index (χ3n) is 4.20. The minimum absolute atomic E-state index is 0.265. The summed E-state index contributed by atoms with van der Waals surface area (Å²) in [6.45, 7) is 0.588. The maximum Gasteiger partial charge on any atom is 0.337 e. The molecule has 0 fully saturated rings. The molecule has 2 aromatic carbocycles. The van der Waals surface area contributed by atoms with E-state index in [1.807, 2.05) is 0 Å². The van der Waals surface area contributed by atoms with Crippen LogP contribution < -0.4 is 10.6 Å². The van der Waals surface area contributed by atoms with Gasteiger partial charge in [0.15, 0.2) is 0 Å². The van der Waals surface area contributed by atoms with Crippen molar-refractivity contribution in [2.45, 2.75) is 6.42 Å². The van der Waals surface area contributed by atoms with E-state index in [9.17, 15) is 14.0 Å². The number of hydrogen-bond donors (Lipinski definition) is 2. The maximum absolute atomic E-state index is 12.9. The van der Waals surface area contributed by atoms with Gasteiger partial charge in [-0.05, 0) is 54.4 Å². The van der Waals surface area contributed by atoms with Gasteiger partial charge in [0.2, 0.25) is 0 Å². The van der Waals surface area contributed by atoms with Crippen LogP contribution in [0.15, 0.2) is 66.9 Å². The van der Waals surface area contributed by atoms with Crippen molar-refractivity contribution in [3.05, 3.63) is 89.4 Å². The Morgan fingerprint density at radius 3 is 2.59 bits per heavy atom. The second-order valence-corrected chi connectivity index (χ2v) is 6.26. The number of nitrogens with one attached hydrogen (secondary N) is 2.